The summed E-state index contributed by atoms with van der Waals surface area (Å²) in [4.78, 5) is 31.2. The van der Waals surface area contributed by atoms with Gasteiger partial charge in [-0.2, -0.15) is 0 Å². The highest BCUT2D eigenvalue weighted by atomic mass is 16.3. The summed E-state index contributed by atoms with van der Waals surface area (Å²) in [5.41, 5.74) is 2.40. The average Bonchev–Trinajstić information content (AvgIpc) is 3.00. The van der Waals surface area contributed by atoms with Crippen LogP contribution in [0.3, 0.4) is 0 Å². The summed E-state index contributed by atoms with van der Waals surface area (Å²) < 4.78 is 0. The smallest absolute Gasteiger partial charge is 0.300 e. The van der Waals surface area contributed by atoms with E-state index in [9.17, 15) is 19.8 Å². The van der Waals surface area contributed by atoms with Crippen molar-refractivity contribution in [3.05, 3.63) is 95.3 Å². The fourth-order valence-corrected chi connectivity index (χ4v) is 3.48. The van der Waals surface area contributed by atoms with Crippen molar-refractivity contribution in [2.24, 2.45) is 0 Å². The average molecular weight is 386 g/mol. The second-order valence-electron chi connectivity index (χ2n) is 6.84. The largest absolute Gasteiger partial charge is 0.508 e. The van der Waals surface area contributed by atoms with Crippen LogP contribution in [0.1, 0.15) is 22.7 Å². The van der Waals surface area contributed by atoms with Crippen LogP contribution in [0, 0.1) is 6.92 Å². The third-order valence-corrected chi connectivity index (χ3v) is 4.90. The van der Waals surface area contributed by atoms with Gasteiger partial charge in [-0.1, -0.05) is 29.8 Å². The number of hydrogen-bond acceptors (Lipinski definition) is 5. The van der Waals surface area contributed by atoms with E-state index in [-0.39, 0.29) is 17.1 Å². The highest BCUT2D eigenvalue weighted by Gasteiger charge is 2.47. The summed E-state index contributed by atoms with van der Waals surface area (Å²) in [6, 6.07) is 15.8. The molecular weight excluding hydrogens is 368 g/mol. The van der Waals surface area contributed by atoms with Crippen molar-refractivity contribution >= 4 is 23.1 Å². The highest BCUT2D eigenvalue weighted by molar-refractivity contribution is 6.51. The minimum absolute atomic E-state index is 0.000838. The highest BCUT2D eigenvalue weighted by Crippen LogP contribution is 2.42. The van der Waals surface area contributed by atoms with Crippen LogP contribution in [0.4, 0.5) is 5.69 Å². The molecule has 3 aromatic rings. The number of pyridine rings is 1. The number of Topliss-reactive ketones (excluding diaryl/α,β-unsaturated/α-hetero) is 1. The molecule has 2 heterocycles. The number of aryl methyl sites for hydroxylation is 1. The standard InChI is InChI=1S/C23H18N2O4/c1-14-5-7-17(8-6-14)25-20(16-3-2-4-18(26)13-16)19(22(28)23(25)29)21(27)15-9-11-24-12-10-15/h2-13,20,26-27H,1H3/b21-19-. The number of anilines is 1. The zero-order valence-corrected chi connectivity index (χ0v) is 15.6. The molecule has 29 heavy (non-hydrogen) atoms. The number of ketones is 1. The van der Waals surface area contributed by atoms with E-state index in [1.165, 1.54) is 29.4 Å². The Labute approximate surface area is 167 Å². The summed E-state index contributed by atoms with van der Waals surface area (Å²) in [7, 11) is 0. The molecule has 1 saturated heterocycles. The lowest BCUT2D eigenvalue weighted by atomic mass is 9.95. The molecule has 144 valence electrons. The SMILES string of the molecule is Cc1ccc(N2C(=O)C(=O)/C(=C(\O)c3ccncc3)C2c2cccc(O)c2)cc1. The number of phenolic OH excluding ortho intramolecular Hbond substituents is 1. The zero-order chi connectivity index (χ0) is 20.5. The van der Waals surface area contributed by atoms with Crippen molar-refractivity contribution < 1.29 is 19.8 Å². The van der Waals surface area contributed by atoms with E-state index < -0.39 is 17.7 Å². The number of amides is 1. The molecule has 1 fully saturated rings. The number of aromatic nitrogens is 1. The van der Waals surface area contributed by atoms with E-state index in [4.69, 9.17) is 0 Å². The summed E-state index contributed by atoms with van der Waals surface area (Å²) in [6.45, 7) is 1.92. The Kier molecular flexibility index (Phi) is 4.60. The summed E-state index contributed by atoms with van der Waals surface area (Å²) in [5.74, 6) is -1.80. The molecule has 0 saturated carbocycles. The molecule has 1 amide bonds. The predicted molar refractivity (Wildman–Crippen MR) is 108 cm³/mol. The number of carbonyl (C=O) groups is 2. The van der Waals surface area contributed by atoms with Gasteiger partial charge in [0.2, 0.25) is 0 Å². The molecule has 1 atom stereocenters. The first-order valence-electron chi connectivity index (χ1n) is 9.04. The van der Waals surface area contributed by atoms with Crippen LogP contribution in [0.5, 0.6) is 5.75 Å². The number of rotatable bonds is 3. The molecule has 2 aromatic carbocycles. The van der Waals surface area contributed by atoms with E-state index in [2.05, 4.69) is 4.98 Å². The Morgan fingerprint density at radius 3 is 2.34 bits per heavy atom. The Morgan fingerprint density at radius 2 is 1.69 bits per heavy atom. The van der Waals surface area contributed by atoms with Crippen molar-refractivity contribution in [1.29, 1.82) is 0 Å². The topological polar surface area (TPSA) is 90.7 Å². The monoisotopic (exact) mass is 386 g/mol. The molecule has 1 aromatic heterocycles. The number of nitrogens with zero attached hydrogens (tertiary/aromatic N) is 2. The number of benzene rings is 2. The molecule has 1 aliphatic rings. The van der Waals surface area contributed by atoms with Crippen LogP contribution >= 0.6 is 0 Å². The second kappa shape index (κ2) is 7.24. The van der Waals surface area contributed by atoms with Crippen molar-refractivity contribution in [3.63, 3.8) is 0 Å². The van der Waals surface area contributed by atoms with Gasteiger partial charge in [0.25, 0.3) is 11.7 Å². The number of carbonyl (C=O) groups excluding carboxylic acids is 2. The van der Waals surface area contributed by atoms with Gasteiger partial charge in [-0.3, -0.25) is 19.5 Å². The number of aliphatic hydroxyl groups is 1. The maximum Gasteiger partial charge on any atom is 0.300 e. The van der Waals surface area contributed by atoms with E-state index in [1.54, 1.807) is 36.4 Å². The van der Waals surface area contributed by atoms with E-state index in [1.807, 2.05) is 19.1 Å². The van der Waals surface area contributed by atoms with Crippen LogP contribution < -0.4 is 4.90 Å². The van der Waals surface area contributed by atoms with Crippen LogP contribution in [0.25, 0.3) is 5.76 Å². The van der Waals surface area contributed by atoms with E-state index >= 15 is 0 Å². The Morgan fingerprint density at radius 1 is 1.00 bits per heavy atom. The van der Waals surface area contributed by atoms with Gasteiger partial charge in [-0.25, -0.2) is 0 Å². The van der Waals surface area contributed by atoms with Crippen molar-refractivity contribution in [2.45, 2.75) is 13.0 Å². The molecule has 1 unspecified atom stereocenters. The fourth-order valence-electron chi connectivity index (χ4n) is 3.48. The van der Waals surface area contributed by atoms with Gasteiger partial charge in [-0.05, 0) is 48.9 Å². The number of hydrogen-bond donors (Lipinski definition) is 2. The quantitative estimate of drug-likeness (QED) is 0.407. The zero-order valence-electron chi connectivity index (χ0n) is 15.6. The number of phenols is 1. The maximum absolute atomic E-state index is 13.0. The van der Waals surface area contributed by atoms with Crippen molar-refractivity contribution in [3.8, 4) is 5.75 Å². The van der Waals surface area contributed by atoms with E-state index in [0.717, 1.165) is 5.56 Å². The van der Waals surface area contributed by atoms with Gasteiger partial charge in [0.15, 0.2) is 0 Å². The Hall–Kier alpha value is -3.93. The Bertz CT molecular complexity index is 1120. The molecule has 2 N–H and O–H groups in total. The Balaban J connectivity index is 1.96. The first-order valence-corrected chi connectivity index (χ1v) is 9.04. The first kappa shape index (κ1) is 18.4. The molecule has 1 aliphatic heterocycles. The molecular formula is C23H18N2O4. The molecule has 6 heteroatoms. The van der Waals surface area contributed by atoms with Gasteiger partial charge in [0.1, 0.15) is 11.5 Å². The molecule has 4 rings (SSSR count). The van der Waals surface area contributed by atoms with Gasteiger partial charge >= 0.3 is 0 Å². The second-order valence-corrected chi connectivity index (χ2v) is 6.84. The lowest BCUT2D eigenvalue weighted by molar-refractivity contribution is -0.132. The van der Waals surface area contributed by atoms with E-state index in [0.29, 0.717) is 16.8 Å². The lowest BCUT2D eigenvalue weighted by Crippen LogP contribution is -2.29. The molecule has 6 nitrogen and oxygen atoms in total. The third-order valence-electron chi connectivity index (χ3n) is 4.90. The van der Waals surface area contributed by atoms with Crippen LogP contribution in [-0.2, 0) is 9.59 Å². The minimum atomic E-state index is -0.877. The van der Waals surface area contributed by atoms with Crippen molar-refractivity contribution in [1.82, 2.24) is 4.98 Å². The van der Waals surface area contributed by atoms with Gasteiger partial charge < -0.3 is 10.2 Å². The fraction of sp³-hybridized carbons (Fsp3) is 0.0870. The molecule has 0 spiro atoms. The van der Waals surface area contributed by atoms with Gasteiger partial charge in [-0.15, -0.1) is 0 Å². The van der Waals surface area contributed by atoms with Crippen LogP contribution in [-0.4, -0.2) is 26.9 Å². The summed E-state index contributed by atoms with van der Waals surface area (Å²) in [6.07, 6.45) is 2.99. The molecule has 0 radical (unpaired) electrons. The summed E-state index contributed by atoms with van der Waals surface area (Å²) >= 11 is 0. The normalized spacial score (nSPS) is 18.2. The number of aromatic hydroxyl groups is 1. The van der Waals surface area contributed by atoms with Crippen LogP contribution in [0.2, 0.25) is 0 Å². The first-order chi connectivity index (χ1) is 14.0. The van der Waals surface area contributed by atoms with Crippen molar-refractivity contribution in [2.75, 3.05) is 4.90 Å². The van der Waals surface area contributed by atoms with Crippen LogP contribution in [0.15, 0.2) is 78.6 Å². The lowest BCUT2D eigenvalue weighted by Gasteiger charge is -2.25. The summed E-state index contributed by atoms with van der Waals surface area (Å²) in [5, 5.41) is 20.9. The minimum Gasteiger partial charge on any atom is -0.508 e. The molecule has 0 aliphatic carbocycles. The molecule has 0 bridgehead atoms. The number of aliphatic hydroxyl groups excluding tert-OH is 1. The predicted octanol–water partition coefficient (Wildman–Crippen LogP) is 3.72. The third kappa shape index (κ3) is 3.25. The maximum atomic E-state index is 13.0. The van der Waals surface area contributed by atoms with Gasteiger partial charge in [0, 0.05) is 23.6 Å². The van der Waals surface area contributed by atoms with Gasteiger partial charge in [0.05, 0.1) is 11.6 Å².